The van der Waals surface area contributed by atoms with Crippen molar-refractivity contribution in [2.75, 3.05) is 0 Å². The van der Waals surface area contributed by atoms with Crippen LogP contribution in [0, 0.1) is 17.0 Å². The maximum absolute atomic E-state index is 11.0. The highest BCUT2D eigenvalue weighted by molar-refractivity contribution is 7.80. The number of nitrogens with two attached hydrogens (primary N) is 1. The normalized spacial score (nSPS) is 10.8. The zero-order valence-electron chi connectivity index (χ0n) is 12.4. The number of nitro benzene ring substituents is 1. The number of hydrogen-bond donors (Lipinski definition) is 1. The first-order chi connectivity index (χ1) is 11.0. The molecule has 0 radical (unpaired) electrons. The van der Waals surface area contributed by atoms with Crippen molar-refractivity contribution in [3.8, 4) is 11.3 Å². The van der Waals surface area contributed by atoms with Crippen LogP contribution in [0.1, 0.15) is 11.3 Å². The molecule has 2 aromatic heterocycles. The quantitative estimate of drug-likeness (QED) is 0.452. The molecule has 0 aliphatic heterocycles. The minimum Gasteiger partial charge on any atom is -0.393 e. The lowest BCUT2D eigenvalue weighted by Gasteiger charge is -2.04. The fourth-order valence-corrected chi connectivity index (χ4v) is 2.67. The first-order valence-corrected chi connectivity index (χ1v) is 7.37. The Morgan fingerprint density at radius 3 is 2.87 bits per heavy atom. The van der Waals surface area contributed by atoms with Crippen molar-refractivity contribution in [1.82, 2.24) is 9.38 Å². The van der Waals surface area contributed by atoms with E-state index >= 15 is 0 Å². The summed E-state index contributed by atoms with van der Waals surface area (Å²) in [4.78, 5) is 15.6. The molecule has 0 amide bonds. The number of rotatable bonds is 4. The number of imidazole rings is 1. The number of nitro groups is 1. The van der Waals surface area contributed by atoms with Crippen LogP contribution in [0.5, 0.6) is 0 Å². The van der Waals surface area contributed by atoms with Gasteiger partial charge >= 0.3 is 0 Å². The Labute approximate surface area is 137 Å². The molecule has 0 bridgehead atoms. The van der Waals surface area contributed by atoms with E-state index in [-0.39, 0.29) is 5.69 Å². The first kappa shape index (κ1) is 15.1. The molecule has 0 aliphatic rings. The van der Waals surface area contributed by atoms with E-state index in [4.69, 9.17) is 18.0 Å². The van der Waals surface area contributed by atoms with Gasteiger partial charge in [-0.25, -0.2) is 4.98 Å². The zero-order valence-corrected chi connectivity index (χ0v) is 13.2. The lowest BCUT2D eigenvalue weighted by atomic mass is 10.1. The molecule has 23 heavy (non-hydrogen) atoms. The fraction of sp³-hybridized carbons (Fsp3) is 0.125. The lowest BCUT2D eigenvalue weighted by Crippen LogP contribution is -2.13. The van der Waals surface area contributed by atoms with Gasteiger partial charge in [0.05, 0.1) is 21.3 Å². The summed E-state index contributed by atoms with van der Waals surface area (Å²) in [5.74, 6) is 0. The summed E-state index contributed by atoms with van der Waals surface area (Å²) >= 11 is 5.04. The van der Waals surface area contributed by atoms with Crippen molar-refractivity contribution < 1.29 is 4.92 Å². The van der Waals surface area contributed by atoms with E-state index in [9.17, 15) is 10.1 Å². The number of fused-ring (bicyclic) bond motifs is 1. The minimum absolute atomic E-state index is 0.0250. The van der Waals surface area contributed by atoms with E-state index < -0.39 is 4.92 Å². The third-order valence-electron chi connectivity index (χ3n) is 3.55. The highest BCUT2D eigenvalue weighted by Gasteiger charge is 2.17. The third-order valence-corrected chi connectivity index (χ3v) is 3.70. The maximum atomic E-state index is 11.0. The van der Waals surface area contributed by atoms with Crippen LogP contribution in [0.3, 0.4) is 0 Å². The molecule has 7 heteroatoms. The Morgan fingerprint density at radius 2 is 2.17 bits per heavy atom. The van der Waals surface area contributed by atoms with Gasteiger partial charge in [-0.3, -0.25) is 10.1 Å². The number of hydrogen-bond acceptors (Lipinski definition) is 4. The van der Waals surface area contributed by atoms with E-state index in [1.54, 1.807) is 12.1 Å². The average molecular weight is 326 g/mol. The fourth-order valence-electron chi connectivity index (χ4n) is 2.53. The summed E-state index contributed by atoms with van der Waals surface area (Å²) in [7, 11) is 0. The molecule has 1 aromatic carbocycles. The summed E-state index contributed by atoms with van der Waals surface area (Å²) in [6.45, 7) is 1.98. The summed E-state index contributed by atoms with van der Waals surface area (Å²) in [5, 5.41) is 11.0. The van der Waals surface area contributed by atoms with Gasteiger partial charge in [-0.05, 0) is 24.6 Å². The van der Waals surface area contributed by atoms with E-state index in [0.29, 0.717) is 22.7 Å². The molecular formula is C16H14N4O2S. The number of pyridine rings is 1. The molecule has 0 saturated heterocycles. The van der Waals surface area contributed by atoms with Gasteiger partial charge in [0, 0.05) is 30.3 Å². The average Bonchev–Trinajstić information content (AvgIpc) is 2.84. The van der Waals surface area contributed by atoms with Gasteiger partial charge in [-0.2, -0.15) is 0 Å². The van der Waals surface area contributed by atoms with Gasteiger partial charge in [0.2, 0.25) is 0 Å². The van der Waals surface area contributed by atoms with Gasteiger partial charge in [-0.1, -0.05) is 24.4 Å². The van der Waals surface area contributed by atoms with Gasteiger partial charge in [0.1, 0.15) is 5.65 Å². The number of aryl methyl sites for hydroxylation is 1. The van der Waals surface area contributed by atoms with Crippen LogP contribution in [0.25, 0.3) is 16.9 Å². The van der Waals surface area contributed by atoms with Crippen molar-refractivity contribution in [2.24, 2.45) is 5.73 Å². The van der Waals surface area contributed by atoms with Gasteiger partial charge < -0.3 is 10.1 Å². The van der Waals surface area contributed by atoms with Crippen LogP contribution >= 0.6 is 12.2 Å². The Morgan fingerprint density at radius 1 is 1.39 bits per heavy atom. The molecule has 2 N–H and O–H groups in total. The summed E-state index contributed by atoms with van der Waals surface area (Å²) in [6, 6.07) is 10.3. The predicted molar refractivity (Wildman–Crippen MR) is 92.5 cm³/mol. The van der Waals surface area contributed by atoms with Crippen LogP contribution in [0.4, 0.5) is 5.69 Å². The first-order valence-electron chi connectivity index (χ1n) is 6.96. The standard InChI is InChI=1S/C16H14N4O2S/c1-10-5-6-19-13(9-14(17)23)16(18-15(19)7-10)11-3-2-4-12(8-11)20(21)22/h2-8H,9H2,1H3,(H2,17,23). The number of aromatic nitrogens is 2. The van der Waals surface area contributed by atoms with Gasteiger partial charge in [-0.15, -0.1) is 0 Å². The largest absolute Gasteiger partial charge is 0.393 e. The van der Waals surface area contributed by atoms with E-state index in [0.717, 1.165) is 16.9 Å². The SMILES string of the molecule is Cc1ccn2c(CC(N)=S)c(-c3cccc([N+](=O)[O-])c3)nc2c1. The number of benzene rings is 1. The summed E-state index contributed by atoms with van der Waals surface area (Å²) in [5.41, 5.74) is 9.74. The Kier molecular flexibility index (Phi) is 3.79. The van der Waals surface area contributed by atoms with Gasteiger partial charge in [0.25, 0.3) is 5.69 Å². The van der Waals surface area contributed by atoms with Crippen LogP contribution in [-0.4, -0.2) is 19.3 Å². The van der Waals surface area contributed by atoms with Crippen LogP contribution < -0.4 is 5.73 Å². The molecule has 0 atom stereocenters. The monoisotopic (exact) mass is 326 g/mol. The summed E-state index contributed by atoms with van der Waals surface area (Å²) in [6.07, 6.45) is 2.28. The topological polar surface area (TPSA) is 86.5 Å². The van der Waals surface area contributed by atoms with E-state index in [1.165, 1.54) is 12.1 Å². The Hall–Kier alpha value is -2.80. The third kappa shape index (κ3) is 2.91. The molecule has 0 fully saturated rings. The molecule has 0 saturated carbocycles. The van der Waals surface area contributed by atoms with Crippen LogP contribution in [0.15, 0.2) is 42.6 Å². The molecule has 2 heterocycles. The minimum atomic E-state index is -0.420. The molecule has 0 unspecified atom stereocenters. The Balaban J connectivity index is 2.25. The molecule has 116 valence electrons. The Bertz CT molecular complexity index is 933. The second kappa shape index (κ2) is 5.77. The van der Waals surface area contributed by atoms with Crippen molar-refractivity contribution in [1.29, 1.82) is 0 Å². The second-order valence-electron chi connectivity index (χ2n) is 5.29. The molecular weight excluding hydrogens is 312 g/mol. The van der Waals surface area contributed by atoms with E-state index in [2.05, 4.69) is 4.98 Å². The number of thiocarbonyl (C=S) groups is 1. The predicted octanol–water partition coefficient (Wildman–Crippen LogP) is 3.05. The van der Waals surface area contributed by atoms with Gasteiger partial charge in [0.15, 0.2) is 0 Å². The number of non-ortho nitro benzene ring substituents is 1. The van der Waals surface area contributed by atoms with Crippen molar-refractivity contribution in [2.45, 2.75) is 13.3 Å². The summed E-state index contributed by atoms with van der Waals surface area (Å²) < 4.78 is 1.92. The van der Waals surface area contributed by atoms with Crippen LogP contribution in [-0.2, 0) is 6.42 Å². The molecule has 3 rings (SSSR count). The van der Waals surface area contributed by atoms with Crippen molar-refractivity contribution in [3.05, 3.63) is 64.0 Å². The van der Waals surface area contributed by atoms with E-state index in [1.807, 2.05) is 29.7 Å². The molecule has 0 aliphatic carbocycles. The number of nitrogens with zero attached hydrogens (tertiary/aromatic N) is 3. The highest BCUT2D eigenvalue weighted by Crippen LogP contribution is 2.28. The second-order valence-corrected chi connectivity index (χ2v) is 5.81. The lowest BCUT2D eigenvalue weighted by molar-refractivity contribution is -0.384. The smallest absolute Gasteiger partial charge is 0.270 e. The van der Waals surface area contributed by atoms with Crippen LogP contribution in [0.2, 0.25) is 0 Å². The van der Waals surface area contributed by atoms with Crippen molar-refractivity contribution >= 4 is 28.5 Å². The molecule has 3 aromatic rings. The van der Waals surface area contributed by atoms with Crippen molar-refractivity contribution in [3.63, 3.8) is 0 Å². The maximum Gasteiger partial charge on any atom is 0.270 e. The molecule has 6 nitrogen and oxygen atoms in total. The highest BCUT2D eigenvalue weighted by atomic mass is 32.1. The zero-order chi connectivity index (χ0) is 16.6. The molecule has 0 spiro atoms.